The Balaban J connectivity index is 2.16. The summed E-state index contributed by atoms with van der Waals surface area (Å²) in [5.74, 6) is -0.441. The van der Waals surface area contributed by atoms with E-state index >= 15 is 0 Å². The van der Waals surface area contributed by atoms with Crippen LogP contribution < -0.4 is 0 Å². The van der Waals surface area contributed by atoms with Crippen LogP contribution in [0.5, 0.6) is 0 Å². The van der Waals surface area contributed by atoms with Crippen LogP contribution in [0.4, 0.5) is 4.39 Å². The number of rotatable bonds is 3. The number of aliphatic hydroxyl groups excluding tert-OH is 1. The molecule has 1 N–H and O–H groups in total. The van der Waals surface area contributed by atoms with E-state index in [0.717, 1.165) is 14.7 Å². The van der Waals surface area contributed by atoms with Crippen molar-refractivity contribution < 1.29 is 9.50 Å². The van der Waals surface area contributed by atoms with Gasteiger partial charge in [-0.1, -0.05) is 29.8 Å². The molecule has 0 saturated carbocycles. The third kappa shape index (κ3) is 3.43. The van der Waals surface area contributed by atoms with E-state index in [4.69, 9.17) is 11.6 Å². The first-order chi connectivity index (χ1) is 8.56. The Kier molecular flexibility index (Phi) is 4.59. The molecule has 1 nitrogen and oxygen atoms in total. The maximum absolute atomic E-state index is 13.0. The molecule has 0 bridgehead atoms. The molecule has 0 spiro atoms. The van der Waals surface area contributed by atoms with E-state index < -0.39 is 11.9 Å². The van der Waals surface area contributed by atoms with Crippen LogP contribution in [0.1, 0.15) is 17.2 Å². The third-order valence-corrected chi connectivity index (χ3v) is 3.61. The zero-order chi connectivity index (χ0) is 13.1. The van der Waals surface area contributed by atoms with Crippen molar-refractivity contribution in [3.63, 3.8) is 0 Å². The molecule has 0 aromatic heterocycles. The molecule has 4 heteroatoms. The lowest BCUT2D eigenvalue weighted by Gasteiger charge is -2.11. The summed E-state index contributed by atoms with van der Waals surface area (Å²) in [6.07, 6.45) is -0.193. The van der Waals surface area contributed by atoms with Crippen molar-refractivity contribution in [3.05, 3.63) is 68.0 Å². The highest BCUT2D eigenvalue weighted by Gasteiger charge is 2.10. The summed E-state index contributed by atoms with van der Waals surface area (Å²) in [6, 6.07) is 12.2. The molecule has 0 heterocycles. The normalized spacial score (nSPS) is 12.4. The second kappa shape index (κ2) is 5.99. The Labute approximate surface area is 124 Å². The maximum Gasteiger partial charge on any atom is 0.141 e. The minimum absolute atomic E-state index is 0.0855. The Morgan fingerprint density at radius 2 is 2.00 bits per heavy atom. The predicted octanol–water partition coefficient (Wildman–Crippen LogP) is 4.36. The van der Waals surface area contributed by atoms with Crippen molar-refractivity contribution in [2.24, 2.45) is 0 Å². The van der Waals surface area contributed by atoms with Gasteiger partial charge in [0, 0.05) is 9.99 Å². The number of halogens is 3. The van der Waals surface area contributed by atoms with Crippen LogP contribution in [-0.2, 0) is 6.42 Å². The van der Waals surface area contributed by atoms with Crippen LogP contribution in [0, 0.1) is 9.39 Å². The van der Waals surface area contributed by atoms with Crippen LogP contribution in [0.15, 0.2) is 42.5 Å². The average molecular weight is 377 g/mol. The summed E-state index contributed by atoms with van der Waals surface area (Å²) in [5, 5.41) is 10.2. The van der Waals surface area contributed by atoms with Crippen LogP contribution >= 0.6 is 34.2 Å². The highest BCUT2D eigenvalue weighted by Crippen LogP contribution is 2.23. The van der Waals surface area contributed by atoms with Gasteiger partial charge in [0.25, 0.3) is 0 Å². The Bertz CT molecular complexity index is 559. The van der Waals surface area contributed by atoms with Gasteiger partial charge in [0.2, 0.25) is 0 Å². The van der Waals surface area contributed by atoms with E-state index in [1.165, 1.54) is 6.07 Å². The SMILES string of the molecule is OC(Cc1ccc(F)c(Cl)c1)c1cccc(I)c1. The largest absolute Gasteiger partial charge is 0.388 e. The zero-order valence-electron chi connectivity index (χ0n) is 9.41. The van der Waals surface area contributed by atoms with Crippen molar-refractivity contribution >= 4 is 34.2 Å². The summed E-state index contributed by atoms with van der Waals surface area (Å²) < 4.78 is 14.1. The lowest BCUT2D eigenvalue weighted by Crippen LogP contribution is -2.02. The van der Waals surface area contributed by atoms with Gasteiger partial charge in [-0.3, -0.25) is 0 Å². The van der Waals surface area contributed by atoms with Crippen molar-refractivity contribution in [2.75, 3.05) is 0 Å². The van der Waals surface area contributed by atoms with Crippen LogP contribution in [0.2, 0.25) is 5.02 Å². The quantitative estimate of drug-likeness (QED) is 0.789. The van der Waals surface area contributed by atoms with Crippen LogP contribution in [0.25, 0.3) is 0 Å². The summed E-state index contributed by atoms with van der Waals surface area (Å²) >= 11 is 7.91. The van der Waals surface area contributed by atoms with Gasteiger partial charge in [-0.15, -0.1) is 0 Å². The summed E-state index contributed by atoms with van der Waals surface area (Å²) in [4.78, 5) is 0. The Morgan fingerprint density at radius 1 is 1.22 bits per heavy atom. The maximum atomic E-state index is 13.0. The minimum Gasteiger partial charge on any atom is -0.388 e. The Hall–Kier alpha value is -0.650. The van der Waals surface area contributed by atoms with E-state index in [2.05, 4.69) is 22.6 Å². The molecule has 0 aliphatic carbocycles. The number of aliphatic hydroxyl groups is 1. The highest BCUT2D eigenvalue weighted by molar-refractivity contribution is 14.1. The molecule has 0 aliphatic rings. The van der Waals surface area contributed by atoms with Gasteiger partial charge in [0.15, 0.2) is 0 Å². The van der Waals surface area contributed by atoms with Gasteiger partial charge in [0.05, 0.1) is 11.1 Å². The molecule has 0 aliphatic heterocycles. The molecule has 2 rings (SSSR count). The highest BCUT2D eigenvalue weighted by atomic mass is 127. The van der Waals surface area contributed by atoms with E-state index in [-0.39, 0.29) is 5.02 Å². The second-order valence-corrected chi connectivity index (χ2v) is 5.68. The number of benzene rings is 2. The molecule has 2 aromatic rings. The van der Waals surface area contributed by atoms with Crippen LogP contribution in [-0.4, -0.2) is 5.11 Å². The molecular formula is C14H11ClFIO. The van der Waals surface area contributed by atoms with E-state index in [9.17, 15) is 9.50 Å². The first kappa shape index (κ1) is 13.8. The van der Waals surface area contributed by atoms with Gasteiger partial charge < -0.3 is 5.11 Å². The first-order valence-corrected chi connectivity index (χ1v) is 6.89. The molecule has 1 atom stereocenters. The fourth-order valence-corrected chi connectivity index (χ4v) is 2.49. The van der Waals surface area contributed by atoms with E-state index in [0.29, 0.717) is 6.42 Å². The van der Waals surface area contributed by atoms with Crippen molar-refractivity contribution in [1.82, 2.24) is 0 Å². The summed E-state index contributed by atoms with van der Waals surface area (Å²) in [6.45, 7) is 0. The fourth-order valence-electron chi connectivity index (χ4n) is 1.72. The predicted molar refractivity (Wildman–Crippen MR) is 79.2 cm³/mol. The molecule has 0 amide bonds. The van der Waals surface area contributed by atoms with Crippen molar-refractivity contribution in [1.29, 1.82) is 0 Å². The Morgan fingerprint density at radius 3 is 2.67 bits per heavy atom. The minimum atomic E-state index is -0.610. The third-order valence-electron chi connectivity index (χ3n) is 2.65. The topological polar surface area (TPSA) is 20.2 Å². The van der Waals surface area contributed by atoms with Crippen LogP contribution in [0.3, 0.4) is 0 Å². The molecule has 0 saturated heterocycles. The molecule has 2 aromatic carbocycles. The fraction of sp³-hybridized carbons (Fsp3) is 0.143. The standard InChI is InChI=1S/C14H11ClFIO/c15-12-6-9(4-5-13(12)16)7-14(18)10-2-1-3-11(17)8-10/h1-6,8,14,18H,7H2. The zero-order valence-corrected chi connectivity index (χ0v) is 12.3. The lowest BCUT2D eigenvalue weighted by atomic mass is 10.0. The molecule has 0 radical (unpaired) electrons. The number of hydrogen-bond acceptors (Lipinski definition) is 1. The van der Waals surface area contributed by atoms with E-state index in [1.807, 2.05) is 24.3 Å². The van der Waals surface area contributed by atoms with E-state index in [1.54, 1.807) is 12.1 Å². The monoisotopic (exact) mass is 376 g/mol. The molecule has 1 unspecified atom stereocenters. The average Bonchev–Trinajstić information content (AvgIpc) is 2.34. The van der Waals surface area contributed by atoms with Gasteiger partial charge in [-0.25, -0.2) is 4.39 Å². The first-order valence-electron chi connectivity index (χ1n) is 5.44. The van der Waals surface area contributed by atoms with Gasteiger partial charge in [0.1, 0.15) is 5.82 Å². The van der Waals surface area contributed by atoms with Crippen molar-refractivity contribution in [2.45, 2.75) is 12.5 Å². The van der Waals surface area contributed by atoms with Gasteiger partial charge in [-0.05, 0) is 58.0 Å². The molecule has 94 valence electrons. The molecule has 18 heavy (non-hydrogen) atoms. The lowest BCUT2D eigenvalue weighted by molar-refractivity contribution is 0.178. The molecule has 0 fully saturated rings. The second-order valence-electron chi connectivity index (χ2n) is 4.02. The van der Waals surface area contributed by atoms with Gasteiger partial charge >= 0.3 is 0 Å². The molecular weight excluding hydrogens is 366 g/mol. The summed E-state index contributed by atoms with van der Waals surface area (Å²) in [7, 11) is 0. The smallest absolute Gasteiger partial charge is 0.141 e. The van der Waals surface area contributed by atoms with Gasteiger partial charge in [-0.2, -0.15) is 0 Å². The summed E-state index contributed by atoms with van der Waals surface area (Å²) in [5.41, 5.74) is 1.66. The van der Waals surface area contributed by atoms with Crippen molar-refractivity contribution in [3.8, 4) is 0 Å². The number of hydrogen-bond donors (Lipinski definition) is 1.